The van der Waals surface area contributed by atoms with E-state index in [2.05, 4.69) is 5.32 Å². The molecule has 2 fully saturated rings. The van der Waals surface area contributed by atoms with Crippen molar-refractivity contribution in [3.63, 3.8) is 0 Å². The van der Waals surface area contributed by atoms with Gasteiger partial charge in [0.15, 0.2) is 13.9 Å². The summed E-state index contributed by atoms with van der Waals surface area (Å²) < 4.78 is 6.83. The summed E-state index contributed by atoms with van der Waals surface area (Å²) in [5.41, 5.74) is 1.85. The SMILES string of the molecule is C[C@H]1[C@H]([Si](C)(C)O)[C@@H](CC(=O)N2Cc3ccccc3C[C@H]2CO)O[C@]12C(=O)N(Cc1cccc(N3CCNCC3=O)c1)c1ccc([N+](=O)[O-])cc12. The Bertz CT molecular complexity index is 1900. The van der Waals surface area contributed by atoms with Gasteiger partial charge in [0.1, 0.15) is 0 Å². The van der Waals surface area contributed by atoms with Gasteiger partial charge in [-0.15, -0.1) is 0 Å². The zero-order valence-electron chi connectivity index (χ0n) is 28.9. The quantitative estimate of drug-likeness (QED) is 0.181. The number of hydrogen-bond acceptors (Lipinski definition) is 9. The smallest absolute Gasteiger partial charge is 0.269 e. The van der Waals surface area contributed by atoms with Crippen molar-refractivity contribution in [2.75, 3.05) is 36.0 Å². The van der Waals surface area contributed by atoms with Crippen LogP contribution in [0.5, 0.6) is 0 Å². The molecule has 5 atom stereocenters. The Morgan fingerprint density at radius 3 is 2.57 bits per heavy atom. The van der Waals surface area contributed by atoms with Crippen molar-refractivity contribution >= 4 is 43.1 Å². The summed E-state index contributed by atoms with van der Waals surface area (Å²) in [5.74, 6) is -1.38. The molecule has 3 N–H and O–H groups in total. The summed E-state index contributed by atoms with van der Waals surface area (Å²) in [6.07, 6.45) is -0.499. The first kappa shape index (κ1) is 35.0. The molecule has 3 aromatic rings. The van der Waals surface area contributed by atoms with Crippen LogP contribution in [-0.2, 0) is 44.2 Å². The van der Waals surface area contributed by atoms with Crippen LogP contribution < -0.4 is 15.1 Å². The van der Waals surface area contributed by atoms with Crippen LogP contribution in [0.4, 0.5) is 17.1 Å². The van der Waals surface area contributed by atoms with E-state index in [0.717, 1.165) is 16.7 Å². The van der Waals surface area contributed by atoms with Crippen molar-refractivity contribution in [2.45, 2.75) is 69.2 Å². The van der Waals surface area contributed by atoms with Gasteiger partial charge in [0.05, 0.1) is 48.9 Å². The molecule has 0 aliphatic carbocycles. The highest BCUT2D eigenvalue weighted by atomic mass is 28.4. The molecule has 4 aliphatic rings. The summed E-state index contributed by atoms with van der Waals surface area (Å²) >= 11 is 0. The molecule has 0 unspecified atom stereocenters. The van der Waals surface area contributed by atoms with E-state index in [-0.39, 0.29) is 43.6 Å². The molecule has 0 radical (unpaired) electrons. The molecular formula is C37H43N5O8Si. The highest BCUT2D eigenvalue weighted by Gasteiger charge is 2.66. The van der Waals surface area contributed by atoms with Gasteiger partial charge >= 0.3 is 0 Å². The Balaban J connectivity index is 1.24. The van der Waals surface area contributed by atoms with Crippen LogP contribution in [0.1, 0.15) is 35.6 Å². The molecular weight excluding hydrogens is 671 g/mol. The van der Waals surface area contributed by atoms with Gasteiger partial charge in [-0.05, 0) is 54.4 Å². The number of nitrogens with one attached hydrogen (secondary N) is 1. The van der Waals surface area contributed by atoms with Crippen molar-refractivity contribution in [3.05, 3.63) is 99.1 Å². The number of nitrogens with zero attached hydrogens (tertiary/aromatic N) is 4. The molecule has 3 aromatic carbocycles. The van der Waals surface area contributed by atoms with Gasteiger partial charge in [0.25, 0.3) is 11.6 Å². The number of nitro groups is 1. The number of aliphatic hydroxyl groups is 1. The van der Waals surface area contributed by atoms with Crippen LogP contribution in [0, 0.1) is 16.0 Å². The van der Waals surface area contributed by atoms with Crippen LogP contribution in [0.3, 0.4) is 0 Å². The Morgan fingerprint density at radius 1 is 1.10 bits per heavy atom. The second-order valence-electron chi connectivity index (χ2n) is 14.6. The van der Waals surface area contributed by atoms with Crippen molar-refractivity contribution in [3.8, 4) is 0 Å². The minimum atomic E-state index is -3.15. The monoisotopic (exact) mass is 713 g/mol. The molecule has 7 rings (SSSR count). The van der Waals surface area contributed by atoms with Crippen LogP contribution in [0.25, 0.3) is 0 Å². The first-order valence-corrected chi connectivity index (χ1v) is 20.4. The highest BCUT2D eigenvalue weighted by Crippen LogP contribution is 2.60. The normalized spacial score (nSPS) is 26.1. The fourth-order valence-electron chi connectivity index (χ4n) is 8.75. The van der Waals surface area contributed by atoms with Crippen molar-refractivity contribution in [2.24, 2.45) is 5.92 Å². The van der Waals surface area contributed by atoms with Gasteiger partial charge in [-0.2, -0.15) is 0 Å². The Hall–Kier alpha value is -4.47. The lowest BCUT2D eigenvalue weighted by Gasteiger charge is -2.37. The van der Waals surface area contributed by atoms with E-state index in [0.29, 0.717) is 43.0 Å². The third-order valence-electron chi connectivity index (χ3n) is 11.1. The van der Waals surface area contributed by atoms with E-state index in [1.807, 2.05) is 55.5 Å². The van der Waals surface area contributed by atoms with E-state index in [9.17, 15) is 34.4 Å². The molecule has 4 heterocycles. The number of rotatable bonds is 8. The van der Waals surface area contributed by atoms with Gasteiger partial charge in [-0.1, -0.05) is 43.3 Å². The summed E-state index contributed by atoms with van der Waals surface area (Å²) in [4.78, 5) is 69.9. The van der Waals surface area contributed by atoms with Crippen molar-refractivity contribution < 1.29 is 33.9 Å². The topological polar surface area (TPSA) is 166 Å². The number of non-ortho nitro benzene ring substituents is 1. The maximum atomic E-state index is 14.9. The van der Waals surface area contributed by atoms with Gasteiger partial charge in [-0.25, -0.2) is 0 Å². The van der Waals surface area contributed by atoms with Crippen LogP contribution in [0.2, 0.25) is 18.6 Å². The molecule has 3 amide bonds. The third-order valence-corrected chi connectivity index (χ3v) is 13.6. The summed E-state index contributed by atoms with van der Waals surface area (Å²) in [6, 6.07) is 19.1. The average Bonchev–Trinajstić information content (AvgIpc) is 3.53. The summed E-state index contributed by atoms with van der Waals surface area (Å²) in [5, 5.41) is 25.4. The second kappa shape index (κ2) is 13.3. The number of anilines is 2. The molecule has 2 saturated heterocycles. The van der Waals surface area contributed by atoms with Crippen LogP contribution in [0.15, 0.2) is 66.7 Å². The molecule has 14 heteroatoms. The fourth-order valence-corrected chi connectivity index (χ4v) is 11.3. The van der Waals surface area contributed by atoms with E-state index in [1.54, 1.807) is 33.9 Å². The van der Waals surface area contributed by atoms with Crippen molar-refractivity contribution in [1.82, 2.24) is 10.2 Å². The summed E-state index contributed by atoms with van der Waals surface area (Å²) in [7, 11) is -3.15. The zero-order chi connectivity index (χ0) is 36.2. The van der Waals surface area contributed by atoms with Crippen LogP contribution >= 0.6 is 0 Å². The number of benzene rings is 3. The number of aliphatic hydroxyl groups excluding tert-OH is 1. The lowest BCUT2D eigenvalue weighted by Crippen LogP contribution is -2.48. The Kier molecular flexibility index (Phi) is 9.08. The molecule has 4 aliphatic heterocycles. The van der Waals surface area contributed by atoms with Gasteiger partial charge in [-0.3, -0.25) is 24.5 Å². The lowest BCUT2D eigenvalue weighted by atomic mass is 9.82. The average molecular weight is 714 g/mol. The first-order chi connectivity index (χ1) is 24.3. The molecule has 51 heavy (non-hydrogen) atoms. The number of ether oxygens (including phenoxy) is 1. The standard InChI is InChI=1S/C37H43N5O8Si/c1-23-35(51(2,3)49)32(18-33(44)40-21-26-9-5-4-8-25(26)16-29(40)22-43)50-37(23)30-17-28(42(47)48)11-12-31(30)41(36(37)46)20-24-7-6-10-27(15-24)39-14-13-38-19-34(39)45/h4-12,15,17,23,29,32,35,38,43,49H,13-14,16,18-22H2,1-3H3/t23-,29-,32+,35-,37+/m0/s1. The Labute approximate surface area is 297 Å². The molecule has 268 valence electrons. The molecule has 0 aromatic heterocycles. The molecule has 0 bridgehead atoms. The van der Waals surface area contributed by atoms with E-state index in [4.69, 9.17) is 4.74 Å². The Morgan fingerprint density at radius 2 is 1.86 bits per heavy atom. The molecule has 13 nitrogen and oxygen atoms in total. The molecule has 0 saturated carbocycles. The first-order valence-electron chi connectivity index (χ1n) is 17.4. The van der Waals surface area contributed by atoms with Gasteiger partial charge < -0.3 is 34.7 Å². The van der Waals surface area contributed by atoms with E-state index < -0.39 is 48.4 Å². The number of hydrogen-bond donors (Lipinski definition) is 3. The summed E-state index contributed by atoms with van der Waals surface area (Å²) in [6.45, 7) is 6.96. The second-order valence-corrected chi connectivity index (χ2v) is 18.6. The minimum absolute atomic E-state index is 0.0538. The van der Waals surface area contributed by atoms with E-state index in [1.165, 1.54) is 12.1 Å². The number of fused-ring (bicyclic) bond motifs is 3. The highest BCUT2D eigenvalue weighted by molar-refractivity contribution is 6.71. The van der Waals surface area contributed by atoms with Crippen molar-refractivity contribution in [1.29, 1.82) is 0 Å². The maximum Gasteiger partial charge on any atom is 0.269 e. The van der Waals surface area contributed by atoms with E-state index >= 15 is 0 Å². The minimum Gasteiger partial charge on any atom is -0.432 e. The number of nitro benzene ring substituents is 1. The third kappa shape index (κ3) is 6.04. The maximum absolute atomic E-state index is 14.9. The number of carbonyl (C=O) groups excluding carboxylic acids is 3. The van der Waals surface area contributed by atoms with Gasteiger partial charge in [0, 0.05) is 54.5 Å². The lowest BCUT2D eigenvalue weighted by molar-refractivity contribution is -0.385. The predicted octanol–water partition coefficient (Wildman–Crippen LogP) is 3.21. The number of piperazine rings is 1. The zero-order valence-corrected chi connectivity index (χ0v) is 29.9. The van der Waals surface area contributed by atoms with Gasteiger partial charge in [0.2, 0.25) is 11.8 Å². The predicted molar refractivity (Wildman–Crippen MR) is 191 cm³/mol. The molecule has 1 spiro atoms. The fraction of sp³-hybridized carbons (Fsp3) is 0.432. The largest absolute Gasteiger partial charge is 0.432 e. The number of amides is 3. The number of carbonyl (C=O) groups is 3. The van der Waals surface area contributed by atoms with Crippen LogP contribution in [-0.4, -0.2) is 84.2 Å².